The minimum Gasteiger partial charge on any atom is -0.354 e. The van der Waals surface area contributed by atoms with Crippen molar-refractivity contribution < 1.29 is 9.47 Å². The molecule has 7 nitrogen and oxygen atoms in total. The second-order valence-corrected chi connectivity index (χ2v) is 3.96. The summed E-state index contributed by atoms with van der Waals surface area (Å²) in [4.78, 5) is 4.39. The van der Waals surface area contributed by atoms with Crippen LogP contribution in [0.2, 0.25) is 0 Å². The molecule has 0 fully saturated rings. The number of nitrogens with one attached hydrogen (secondary N) is 1. The van der Waals surface area contributed by atoms with Gasteiger partial charge in [-0.1, -0.05) is 0 Å². The normalized spacial score (nSPS) is 19.2. The lowest BCUT2D eigenvalue weighted by atomic mass is 10.2. The zero-order valence-electron chi connectivity index (χ0n) is 10.2. The SMILES string of the molecule is COC(OC)C1CCNc2nc(CCN)nn21. The van der Waals surface area contributed by atoms with Gasteiger partial charge in [-0.2, -0.15) is 10.1 Å². The average molecular weight is 241 g/mol. The molecular weight excluding hydrogens is 222 g/mol. The van der Waals surface area contributed by atoms with Crippen LogP contribution in [-0.4, -0.2) is 48.4 Å². The quantitative estimate of drug-likeness (QED) is 0.691. The van der Waals surface area contributed by atoms with Crippen molar-refractivity contribution in [3.63, 3.8) is 0 Å². The maximum absolute atomic E-state index is 5.51. The molecule has 0 bridgehead atoms. The summed E-state index contributed by atoms with van der Waals surface area (Å²) in [5.74, 6) is 1.52. The Bertz CT molecular complexity index is 364. The maximum Gasteiger partial charge on any atom is 0.221 e. The summed E-state index contributed by atoms with van der Waals surface area (Å²) in [7, 11) is 3.27. The van der Waals surface area contributed by atoms with Crippen LogP contribution in [0.25, 0.3) is 0 Å². The predicted molar refractivity (Wildman–Crippen MR) is 62.7 cm³/mol. The van der Waals surface area contributed by atoms with Crippen molar-refractivity contribution in [2.75, 3.05) is 32.6 Å². The molecule has 3 N–H and O–H groups in total. The Morgan fingerprint density at radius 2 is 2.29 bits per heavy atom. The first-order chi connectivity index (χ1) is 8.30. The van der Waals surface area contributed by atoms with Crippen molar-refractivity contribution >= 4 is 5.95 Å². The molecule has 17 heavy (non-hydrogen) atoms. The molecule has 7 heteroatoms. The van der Waals surface area contributed by atoms with Gasteiger partial charge in [-0.05, 0) is 13.0 Å². The molecule has 2 heterocycles. The van der Waals surface area contributed by atoms with E-state index in [-0.39, 0.29) is 12.3 Å². The maximum atomic E-state index is 5.51. The Labute approximate surface area is 100 Å². The number of ether oxygens (including phenoxy) is 2. The van der Waals surface area contributed by atoms with Crippen LogP contribution < -0.4 is 11.1 Å². The molecule has 1 aromatic rings. The van der Waals surface area contributed by atoms with Crippen molar-refractivity contribution in [2.24, 2.45) is 5.73 Å². The van der Waals surface area contributed by atoms with Gasteiger partial charge in [-0.15, -0.1) is 0 Å². The van der Waals surface area contributed by atoms with Crippen LogP contribution >= 0.6 is 0 Å². The third kappa shape index (κ3) is 2.41. The average Bonchev–Trinajstić information content (AvgIpc) is 2.74. The largest absolute Gasteiger partial charge is 0.354 e. The molecule has 0 aliphatic carbocycles. The molecule has 0 spiro atoms. The van der Waals surface area contributed by atoms with Gasteiger partial charge in [0.05, 0.1) is 0 Å². The fourth-order valence-electron chi connectivity index (χ4n) is 2.07. The Morgan fingerprint density at radius 3 is 2.94 bits per heavy atom. The second kappa shape index (κ2) is 5.44. The number of fused-ring (bicyclic) bond motifs is 1. The highest BCUT2D eigenvalue weighted by Gasteiger charge is 2.29. The Morgan fingerprint density at radius 1 is 1.53 bits per heavy atom. The van der Waals surface area contributed by atoms with Gasteiger partial charge in [-0.25, -0.2) is 4.68 Å². The summed E-state index contributed by atoms with van der Waals surface area (Å²) >= 11 is 0. The molecule has 2 rings (SSSR count). The molecule has 1 atom stereocenters. The van der Waals surface area contributed by atoms with Crippen LogP contribution in [0.3, 0.4) is 0 Å². The number of rotatable bonds is 5. The predicted octanol–water partition coefficient (Wildman–Crippen LogP) is -0.245. The standard InChI is InChI=1S/C10H19N5O2/c1-16-9(17-2)7-4-6-12-10-13-8(3-5-11)14-15(7)10/h7,9H,3-6,11H2,1-2H3,(H,12,13,14). The van der Waals surface area contributed by atoms with Crippen molar-refractivity contribution in [3.05, 3.63) is 5.82 Å². The van der Waals surface area contributed by atoms with Gasteiger partial charge in [0.25, 0.3) is 0 Å². The number of hydrogen-bond acceptors (Lipinski definition) is 6. The van der Waals surface area contributed by atoms with E-state index in [1.165, 1.54) is 0 Å². The van der Waals surface area contributed by atoms with Gasteiger partial charge >= 0.3 is 0 Å². The number of anilines is 1. The lowest BCUT2D eigenvalue weighted by Gasteiger charge is -2.29. The third-order valence-corrected chi connectivity index (χ3v) is 2.86. The van der Waals surface area contributed by atoms with Gasteiger partial charge < -0.3 is 20.5 Å². The van der Waals surface area contributed by atoms with Crippen LogP contribution in [-0.2, 0) is 15.9 Å². The van der Waals surface area contributed by atoms with Crippen LogP contribution in [0.1, 0.15) is 18.3 Å². The van der Waals surface area contributed by atoms with Crippen molar-refractivity contribution in [1.29, 1.82) is 0 Å². The minimum atomic E-state index is -0.303. The lowest BCUT2D eigenvalue weighted by Crippen LogP contribution is -2.34. The summed E-state index contributed by atoms with van der Waals surface area (Å²) in [5.41, 5.74) is 5.51. The molecule has 1 unspecified atom stereocenters. The van der Waals surface area contributed by atoms with E-state index in [2.05, 4.69) is 15.4 Å². The van der Waals surface area contributed by atoms with E-state index < -0.39 is 0 Å². The monoisotopic (exact) mass is 241 g/mol. The number of aromatic nitrogens is 3. The van der Waals surface area contributed by atoms with Crippen LogP contribution in [0.4, 0.5) is 5.95 Å². The first kappa shape index (κ1) is 12.3. The van der Waals surface area contributed by atoms with Gasteiger partial charge in [0.1, 0.15) is 6.04 Å². The third-order valence-electron chi connectivity index (χ3n) is 2.86. The fraction of sp³-hybridized carbons (Fsp3) is 0.800. The summed E-state index contributed by atoms with van der Waals surface area (Å²) in [6.45, 7) is 1.39. The molecule has 96 valence electrons. The van der Waals surface area contributed by atoms with Gasteiger partial charge in [-0.3, -0.25) is 0 Å². The molecule has 1 aliphatic heterocycles. The van der Waals surface area contributed by atoms with E-state index in [0.717, 1.165) is 24.7 Å². The van der Waals surface area contributed by atoms with Crippen molar-refractivity contribution in [3.8, 4) is 0 Å². The van der Waals surface area contributed by atoms with Crippen molar-refractivity contribution in [1.82, 2.24) is 14.8 Å². The van der Waals surface area contributed by atoms with E-state index in [1.807, 2.05) is 4.68 Å². The van der Waals surface area contributed by atoms with Crippen LogP contribution in [0.5, 0.6) is 0 Å². The number of nitrogens with zero attached hydrogens (tertiary/aromatic N) is 3. The molecule has 0 saturated carbocycles. The van der Waals surface area contributed by atoms with Gasteiger partial charge in [0, 0.05) is 27.2 Å². The summed E-state index contributed by atoms with van der Waals surface area (Å²) in [5, 5.41) is 7.65. The highest BCUT2D eigenvalue weighted by Crippen LogP contribution is 2.26. The number of methoxy groups -OCH3 is 2. The van der Waals surface area contributed by atoms with Crippen LogP contribution in [0, 0.1) is 0 Å². The Hall–Kier alpha value is -1.18. The van der Waals surface area contributed by atoms with Gasteiger partial charge in [0.2, 0.25) is 5.95 Å². The van der Waals surface area contributed by atoms with Crippen LogP contribution in [0.15, 0.2) is 0 Å². The molecule has 0 saturated heterocycles. The van der Waals surface area contributed by atoms with E-state index >= 15 is 0 Å². The zero-order valence-corrected chi connectivity index (χ0v) is 10.2. The first-order valence-corrected chi connectivity index (χ1v) is 5.75. The van der Waals surface area contributed by atoms with Crippen molar-refractivity contribution in [2.45, 2.75) is 25.2 Å². The Balaban J connectivity index is 2.23. The molecule has 0 aromatic carbocycles. The second-order valence-electron chi connectivity index (χ2n) is 3.96. The molecular formula is C10H19N5O2. The fourth-order valence-corrected chi connectivity index (χ4v) is 2.07. The van der Waals surface area contributed by atoms with E-state index in [9.17, 15) is 0 Å². The summed E-state index contributed by atoms with van der Waals surface area (Å²) in [6.07, 6.45) is 1.27. The minimum absolute atomic E-state index is 0.0558. The smallest absolute Gasteiger partial charge is 0.221 e. The highest BCUT2D eigenvalue weighted by molar-refractivity contribution is 5.28. The zero-order chi connectivity index (χ0) is 12.3. The number of nitrogens with two attached hydrogens (primary N) is 1. The van der Waals surface area contributed by atoms with E-state index in [4.69, 9.17) is 15.2 Å². The summed E-state index contributed by atoms with van der Waals surface area (Å²) < 4.78 is 12.4. The molecule has 0 amide bonds. The first-order valence-electron chi connectivity index (χ1n) is 5.75. The van der Waals surface area contributed by atoms with E-state index in [0.29, 0.717) is 13.0 Å². The molecule has 1 aliphatic rings. The Kier molecular flexibility index (Phi) is 3.93. The lowest BCUT2D eigenvalue weighted by molar-refractivity contribution is -0.135. The topological polar surface area (TPSA) is 87.2 Å². The highest BCUT2D eigenvalue weighted by atomic mass is 16.7. The number of hydrogen-bond donors (Lipinski definition) is 2. The molecule has 1 aromatic heterocycles. The summed E-state index contributed by atoms with van der Waals surface area (Å²) in [6, 6.07) is 0.0558. The van der Waals surface area contributed by atoms with E-state index in [1.54, 1.807) is 14.2 Å². The molecule has 0 radical (unpaired) electrons. The van der Waals surface area contributed by atoms with Gasteiger partial charge in [0.15, 0.2) is 12.1 Å².